The Bertz CT molecular complexity index is 538. The van der Waals surface area contributed by atoms with Crippen LogP contribution in [0.1, 0.15) is 78.6 Å². The molecule has 6 unspecified atom stereocenters. The Morgan fingerprint density at radius 3 is 2.39 bits per heavy atom. The van der Waals surface area contributed by atoms with Gasteiger partial charge < -0.3 is 0 Å². The predicted molar refractivity (Wildman–Crippen MR) is 90.9 cm³/mol. The van der Waals surface area contributed by atoms with Gasteiger partial charge in [-0.1, -0.05) is 13.8 Å². The third-order valence-corrected chi connectivity index (χ3v) is 8.78. The third kappa shape index (κ3) is 2.19. The zero-order valence-corrected chi connectivity index (χ0v) is 15.1. The van der Waals surface area contributed by atoms with Gasteiger partial charge in [0.25, 0.3) is 0 Å². The molecule has 0 radical (unpaired) electrons. The van der Waals surface area contributed by atoms with Crippen molar-refractivity contribution in [1.82, 2.24) is 0 Å². The lowest BCUT2D eigenvalue weighted by atomic mass is 9.46. The van der Waals surface area contributed by atoms with Gasteiger partial charge >= 0.3 is 0 Å². The average molecular weight is 316 g/mol. The number of hydrogen-bond acceptors (Lipinski definition) is 2. The van der Waals surface area contributed by atoms with Crippen molar-refractivity contribution in [2.75, 3.05) is 0 Å². The topological polar surface area (TPSA) is 34.1 Å². The molecule has 4 fully saturated rings. The number of Topliss-reactive ketones (excluding diaryl/α,β-unsaturated/α-hetero) is 2. The zero-order chi connectivity index (χ0) is 16.4. The molecule has 23 heavy (non-hydrogen) atoms. The Labute approximate surface area is 140 Å². The van der Waals surface area contributed by atoms with E-state index in [-0.39, 0.29) is 10.8 Å². The second-order valence-corrected chi connectivity index (χ2v) is 9.77. The molecular formula is C21H32O2. The summed E-state index contributed by atoms with van der Waals surface area (Å²) in [5.74, 6) is 4.42. The lowest BCUT2D eigenvalue weighted by molar-refractivity contribution is -0.139. The standard InChI is InChI=1S/C21H32O2/c1-13(22)17-6-7-19-16-8-10-20(2)12-14(23)4-5-18(20)15(16)9-11-21(17,19)3/h15-19H,4-12H2,1-3H3/t15?,16?,17?,18?,19?,20-,21?/m1/s1. The van der Waals surface area contributed by atoms with Crippen LogP contribution >= 0.6 is 0 Å². The summed E-state index contributed by atoms with van der Waals surface area (Å²) >= 11 is 0. The second kappa shape index (κ2) is 5.17. The largest absolute Gasteiger partial charge is 0.300 e. The van der Waals surface area contributed by atoms with Gasteiger partial charge in [0, 0.05) is 18.8 Å². The highest BCUT2D eigenvalue weighted by Gasteiger charge is 2.59. The minimum atomic E-state index is 0.269. The number of ketones is 2. The molecule has 4 aliphatic rings. The SMILES string of the molecule is CC(=O)C1CCC2C3CC[C@]4(C)CC(=O)CCC4C3CCC12C. The van der Waals surface area contributed by atoms with Crippen molar-refractivity contribution in [2.45, 2.75) is 78.6 Å². The molecule has 0 spiro atoms. The van der Waals surface area contributed by atoms with Crippen molar-refractivity contribution >= 4 is 11.6 Å². The average Bonchev–Trinajstić information content (AvgIpc) is 2.83. The van der Waals surface area contributed by atoms with Gasteiger partial charge in [-0.25, -0.2) is 0 Å². The number of rotatable bonds is 1. The summed E-state index contributed by atoms with van der Waals surface area (Å²) < 4.78 is 0. The highest BCUT2D eigenvalue weighted by atomic mass is 16.1. The molecule has 0 aromatic rings. The molecule has 0 heterocycles. The van der Waals surface area contributed by atoms with Crippen LogP contribution < -0.4 is 0 Å². The van der Waals surface area contributed by atoms with Crippen LogP contribution in [-0.2, 0) is 9.59 Å². The van der Waals surface area contributed by atoms with Crippen molar-refractivity contribution in [3.63, 3.8) is 0 Å². The summed E-state index contributed by atoms with van der Waals surface area (Å²) in [4.78, 5) is 24.1. The van der Waals surface area contributed by atoms with Gasteiger partial charge in [-0.15, -0.1) is 0 Å². The molecule has 4 saturated carbocycles. The maximum atomic E-state index is 12.1. The van der Waals surface area contributed by atoms with Crippen LogP contribution in [0.3, 0.4) is 0 Å². The molecule has 0 aromatic carbocycles. The molecule has 4 aliphatic carbocycles. The lowest BCUT2D eigenvalue weighted by Gasteiger charge is -2.58. The summed E-state index contributed by atoms with van der Waals surface area (Å²) in [5, 5.41) is 0. The summed E-state index contributed by atoms with van der Waals surface area (Å²) in [6, 6.07) is 0. The molecule has 0 aliphatic heterocycles. The maximum absolute atomic E-state index is 12.1. The van der Waals surface area contributed by atoms with Crippen LogP contribution in [-0.4, -0.2) is 11.6 Å². The first-order chi connectivity index (χ1) is 10.8. The first kappa shape index (κ1) is 15.8. The molecule has 0 bridgehead atoms. The van der Waals surface area contributed by atoms with Gasteiger partial charge in [-0.3, -0.25) is 9.59 Å². The number of carbonyl (C=O) groups is 2. The van der Waals surface area contributed by atoms with E-state index in [1.165, 1.54) is 32.1 Å². The van der Waals surface area contributed by atoms with Crippen molar-refractivity contribution < 1.29 is 9.59 Å². The Morgan fingerprint density at radius 2 is 1.65 bits per heavy atom. The molecule has 4 rings (SSSR count). The van der Waals surface area contributed by atoms with Crippen molar-refractivity contribution in [1.29, 1.82) is 0 Å². The fourth-order valence-electron chi connectivity index (χ4n) is 7.74. The molecule has 0 aromatic heterocycles. The smallest absolute Gasteiger partial charge is 0.133 e. The third-order valence-electron chi connectivity index (χ3n) is 8.78. The molecule has 2 nitrogen and oxygen atoms in total. The summed E-state index contributed by atoms with van der Waals surface area (Å²) in [5.41, 5.74) is 0.550. The van der Waals surface area contributed by atoms with E-state index in [2.05, 4.69) is 13.8 Å². The molecule has 7 atom stereocenters. The van der Waals surface area contributed by atoms with Crippen LogP contribution in [0.5, 0.6) is 0 Å². The summed E-state index contributed by atoms with van der Waals surface area (Å²) in [6.45, 7) is 6.63. The van der Waals surface area contributed by atoms with Crippen molar-refractivity contribution in [3.05, 3.63) is 0 Å². The van der Waals surface area contributed by atoms with Gasteiger partial charge in [-0.2, -0.15) is 0 Å². The van der Waals surface area contributed by atoms with Gasteiger partial charge in [0.1, 0.15) is 11.6 Å². The molecule has 0 saturated heterocycles. The van der Waals surface area contributed by atoms with Gasteiger partial charge in [0.2, 0.25) is 0 Å². The summed E-state index contributed by atoms with van der Waals surface area (Å²) in [7, 11) is 0. The van der Waals surface area contributed by atoms with E-state index >= 15 is 0 Å². The van der Waals surface area contributed by atoms with E-state index < -0.39 is 0 Å². The van der Waals surface area contributed by atoms with E-state index in [0.29, 0.717) is 17.5 Å². The van der Waals surface area contributed by atoms with Crippen LogP contribution in [0.15, 0.2) is 0 Å². The minimum Gasteiger partial charge on any atom is -0.300 e. The fourth-order valence-corrected chi connectivity index (χ4v) is 7.74. The Hall–Kier alpha value is -0.660. The molecule has 0 N–H and O–H groups in total. The van der Waals surface area contributed by atoms with E-state index in [1.807, 2.05) is 6.92 Å². The monoisotopic (exact) mass is 316 g/mol. The number of fused-ring (bicyclic) bond motifs is 5. The van der Waals surface area contributed by atoms with E-state index in [4.69, 9.17) is 0 Å². The number of carbonyl (C=O) groups excluding carboxylic acids is 2. The minimum absolute atomic E-state index is 0.269. The van der Waals surface area contributed by atoms with Crippen LogP contribution in [0.2, 0.25) is 0 Å². The first-order valence-corrected chi connectivity index (χ1v) is 9.87. The quantitative estimate of drug-likeness (QED) is 0.696. The zero-order valence-electron chi connectivity index (χ0n) is 15.1. The molecule has 0 amide bonds. The Morgan fingerprint density at radius 1 is 0.957 bits per heavy atom. The van der Waals surface area contributed by atoms with Gasteiger partial charge in [0.05, 0.1) is 0 Å². The van der Waals surface area contributed by atoms with Crippen molar-refractivity contribution in [3.8, 4) is 0 Å². The normalized spacial score (nSPS) is 52.5. The van der Waals surface area contributed by atoms with Crippen molar-refractivity contribution in [2.24, 2.45) is 40.4 Å². The van der Waals surface area contributed by atoms with Gasteiger partial charge in [-0.05, 0) is 86.4 Å². The predicted octanol–water partition coefficient (Wildman–Crippen LogP) is 4.80. The second-order valence-electron chi connectivity index (χ2n) is 9.77. The Kier molecular flexibility index (Phi) is 3.56. The van der Waals surface area contributed by atoms with Crippen LogP contribution in [0.4, 0.5) is 0 Å². The molecular weight excluding hydrogens is 284 g/mol. The highest BCUT2D eigenvalue weighted by molar-refractivity contribution is 5.80. The first-order valence-electron chi connectivity index (χ1n) is 9.87. The van der Waals surface area contributed by atoms with Gasteiger partial charge in [0.15, 0.2) is 0 Å². The summed E-state index contributed by atoms with van der Waals surface area (Å²) in [6.07, 6.45) is 10.3. The Balaban J connectivity index is 1.61. The number of hydrogen-bond donors (Lipinski definition) is 0. The maximum Gasteiger partial charge on any atom is 0.133 e. The van der Waals surface area contributed by atoms with E-state index in [0.717, 1.165) is 49.4 Å². The molecule has 128 valence electrons. The van der Waals surface area contributed by atoms with E-state index in [9.17, 15) is 9.59 Å². The van der Waals surface area contributed by atoms with E-state index in [1.54, 1.807) is 0 Å². The van der Waals surface area contributed by atoms with Crippen LogP contribution in [0, 0.1) is 40.4 Å². The highest BCUT2D eigenvalue weighted by Crippen LogP contribution is 2.66. The fraction of sp³-hybridized carbons (Fsp3) is 0.905. The lowest BCUT2D eigenvalue weighted by Crippen LogP contribution is -2.52. The molecule has 2 heteroatoms. The van der Waals surface area contributed by atoms with Crippen LogP contribution in [0.25, 0.3) is 0 Å².